The number of hydrogen-bond donors (Lipinski definition) is 2. The molecular formula is C23H27F3N6O2S2. The maximum atomic E-state index is 13.0. The van der Waals surface area contributed by atoms with E-state index in [2.05, 4.69) is 29.8 Å². The number of alkyl halides is 3. The molecule has 0 saturated carbocycles. The number of thiophene rings is 1. The van der Waals surface area contributed by atoms with Crippen LogP contribution in [0.3, 0.4) is 0 Å². The van der Waals surface area contributed by atoms with Crippen LogP contribution in [0.15, 0.2) is 30.3 Å². The molecule has 0 aliphatic carbocycles. The maximum absolute atomic E-state index is 13.0. The van der Waals surface area contributed by atoms with Gasteiger partial charge >= 0.3 is 6.18 Å². The van der Waals surface area contributed by atoms with E-state index >= 15 is 0 Å². The summed E-state index contributed by atoms with van der Waals surface area (Å²) in [4.78, 5) is 14.4. The van der Waals surface area contributed by atoms with Gasteiger partial charge in [0.1, 0.15) is 10.6 Å². The van der Waals surface area contributed by atoms with Crippen molar-refractivity contribution in [2.75, 3.05) is 54.4 Å². The molecule has 2 unspecified atom stereocenters. The summed E-state index contributed by atoms with van der Waals surface area (Å²) in [6.07, 6.45) is -4.11. The van der Waals surface area contributed by atoms with Crippen LogP contribution in [-0.4, -0.2) is 68.9 Å². The highest BCUT2D eigenvalue weighted by molar-refractivity contribution is 7.92. The summed E-state index contributed by atoms with van der Waals surface area (Å²) in [5.74, 6) is 1.98. The van der Waals surface area contributed by atoms with Gasteiger partial charge in [0.15, 0.2) is 0 Å². The van der Waals surface area contributed by atoms with Gasteiger partial charge < -0.3 is 10.2 Å². The number of benzene rings is 1. The molecule has 2 aromatic heterocycles. The van der Waals surface area contributed by atoms with Gasteiger partial charge in [-0.3, -0.25) is 9.62 Å². The molecule has 0 bridgehead atoms. The van der Waals surface area contributed by atoms with Crippen molar-refractivity contribution in [3.05, 3.63) is 40.8 Å². The molecule has 2 atom stereocenters. The number of aromatic nitrogens is 2. The molecule has 2 saturated heterocycles. The molecule has 13 heteroatoms. The van der Waals surface area contributed by atoms with Crippen LogP contribution >= 0.6 is 11.3 Å². The van der Waals surface area contributed by atoms with Crippen LogP contribution in [0.25, 0.3) is 10.2 Å². The minimum Gasteiger partial charge on any atom is -0.357 e. The number of likely N-dealkylation sites (tertiary alicyclic amines) is 1. The van der Waals surface area contributed by atoms with Gasteiger partial charge in [-0.05, 0) is 35.6 Å². The fourth-order valence-electron chi connectivity index (χ4n) is 5.14. The van der Waals surface area contributed by atoms with Crippen molar-refractivity contribution in [3.8, 4) is 0 Å². The summed E-state index contributed by atoms with van der Waals surface area (Å²) >= 11 is 1.07. The summed E-state index contributed by atoms with van der Waals surface area (Å²) in [7, 11) is -1.60. The Hall–Kier alpha value is -2.64. The molecule has 4 heterocycles. The average molecular weight is 541 g/mol. The number of sulfonamides is 1. The molecule has 194 valence electrons. The van der Waals surface area contributed by atoms with Crippen LogP contribution in [-0.2, 0) is 23.0 Å². The zero-order valence-electron chi connectivity index (χ0n) is 19.8. The number of halogens is 3. The molecule has 0 radical (unpaired) electrons. The zero-order valence-corrected chi connectivity index (χ0v) is 21.5. The normalized spacial score (nSPS) is 20.8. The van der Waals surface area contributed by atoms with E-state index in [9.17, 15) is 21.6 Å². The SMILES string of the molecule is CNc1nc(N2CC3CN(Cc4ccc(NS(C)(=O)=O)cc4)CC3C2)c2cc(CC(F)(F)F)sc2n1. The highest BCUT2D eigenvalue weighted by Gasteiger charge is 2.41. The molecule has 0 amide bonds. The first-order valence-corrected chi connectivity index (χ1v) is 14.3. The second kappa shape index (κ2) is 9.34. The molecule has 2 N–H and O–H groups in total. The minimum absolute atomic E-state index is 0.240. The first-order valence-electron chi connectivity index (χ1n) is 11.5. The molecule has 36 heavy (non-hydrogen) atoms. The Bertz CT molecular complexity index is 1350. The van der Waals surface area contributed by atoms with Gasteiger partial charge in [-0.1, -0.05) is 12.1 Å². The van der Waals surface area contributed by atoms with Crippen molar-refractivity contribution in [1.82, 2.24) is 14.9 Å². The Labute approximate surface area is 211 Å². The Balaban J connectivity index is 1.26. The van der Waals surface area contributed by atoms with Crippen LogP contribution < -0.4 is 14.9 Å². The van der Waals surface area contributed by atoms with Gasteiger partial charge in [0.05, 0.1) is 18.1 Å². The van der Waals surface area contributed by atoms with Crippen molar-refractivity contribution >= 4 is 49.0 Å². The van der Waals surface area contributed by atoms with Crippen LogP contribution in [0, 0.1) is 11.8 Å². The van der Waals surface area contributed by atoms with Crippen LogP contribution in [0.5, 0.6) is 0 Å². The molecule has 5 rings (SSSR count). The standard InChI is InChI=1S/C23H27F3N6O2S2/c1-27-22-28-20(19-7-18(8-23(24,25)26)35-21(19)29-22)32-12-15-10-31(11-16(15)13-32)9-14-3-5-17(6-4-14)30-36(2,33)34/h3-7,15-16,30H,8-13H2,1-2H3,(H,27,28,29). The van der Waals surface area contributed by atoms with Gasteiger partial charge in [0.25, 0.3) is 0 Å². The quantitative estimate of drug-likeness (QED) is 0.472. The lowest BCUT2D eigenvalue weighted by atomic mass is 10.0. The van der Waals surface area contributed by atoms with Crippen molar-refractivity contribution in [2.24, 2.45) is 11.8 Å². The van der Waals surface area contributed by atoms with E-state index in [1.54, 1.807) is 25.2 Å². The summed E-state index contributed by atoms with van der Waals surface area (Å²) in [5.41, 5.74) is 1.65. The lowest BCUT2D eigenvalue weighted by Crippen LogP contribution is -2.29. The Morgan fingerprint density at radius 3 is 2.33 bits per heavy atom. The number of hydrogen-bond acceptors (Lipinski definition) is 8. The van der Waals surface area contributed by atoms with E-state index < -0.39 is 22.6 Å². The highest BCUT2D eigenvalue weighted by atomic mass is 32.2. The molecule has 1 aromatic carbocycles. The van der Waals surface area contributed by atoms with E-state index in [0.29, 0.717) is 39.5 Å². The fraction of sp³-hybridized carbons (Fsp3) is 0.478. The largest absolute Gasteiger partial charge is 0.393 e. The first-order chi connectivity index (χ1) is 17.0. The minimum atomic E-state index is -4.26. The number of rotatable bonds is 7. The van der Waals surface area contributed by atoms with Crippen molar-refractivity contribution in [1.29, 1.82) is 0 Å². The van der Waals surface area contributed by atoms with Gasteiger partial charge in [-0.2, -0.15) is 18.2 Å². The van der Waals surface area contributed by atoms with Gasteiger partial charge in [0, 0.05) is 50.3 Å². The van der Waals surface area contributed by atoms with E-state index in [0.717, 1.165) is 55.9 Å². The van der Waals surface area contributed by atoms with Crippen molar-refractivity contribution in [3.63, 3.8) is 0 Å². The second-order valence-electron chi connectivity index (χ2n) is 9.53. The Kier molecular flexibility index (Phi) is 6.50. The smallest absolute Gasteiger partial charge is 0.357 e. The van der Waals surface area contributed by atoms with E-state index in [1.165, 1.54) is 0 Å². The monoisotopic (exact) mass is 540 g/mol. The van der Waals surface area contributed by atoms with Gasteiger partial charge in [-0.25, -0.2) is 13.4 Å². The average Bonchev–Trinajstić information content (AvgIpc) is 3.44. The van der Waals surface area contributed by atoms with Gasteiger partial charge in [0.2, 0.25) is 16.0 Å². The third kappa shape index (κ3) is 5.68. The van der Waals surface area contributed by atoms with Crippen LogP contribution in [0.1, 0.15) is 10.4 Å². The number of nitrogens with one attached hydrogen (secondary N) is 2. The maximum Gasteiger partial charge on any atom is 0.393 e. The zero-order chi connectivity index (χ0) is 25.7. The molecule has 0 spiro atoms. The van der Waals surface area contributed by atoms with Crippen LogP contribution in [0.2, 0.25) is 0 Å². The van der Waals surface area contributed by atoms with E-state index in [1.807, 2.05) is 12.1 Å². The van der Waals surface area contributed by atoms with Crippen molar-refractivity contribution < 1.29 is 21.6 Å². The van der Waals surface area contributed by atoms with Crippen LogP contribution in [0.4, 0.5) is 30.6 Å². The fourth-order valence-corrected chi connectivity index (χ4v) is 6.75. The number of nitrogens with zero attached hydrogens (tertiary/aromatic N) is 4. The number of fused-ring (bicyclic) bond motifs is 2. The lowest BCUT2D eigenvalue weighted by molar-refractivity contribution is -0.126. The first kappa shape index (κ1) is 25.0. The molecular weight excluding hydrogens is 513 g/mol. The topological polar surface area (TPSA) is 90.5 Å². The molecule has 2 fully saturated rings. The summed E-state index contributed by atoms with van der Waals surface area (Å²) in [6.45, 7) is 4.19. The molecule has 2 aliphatic rings. The summed E-state index contributed by atoms with van der Waals surface area (Å²) in [5, 5.41) is 3.61. The third-order valence-corrected chi connectivity index (χ3v) is 8.18. The second-order valence-corrected chi connectivity index (χ2v) is 12.4. The predicted molar refractivity (Wildman–Crippen MR) is 136 cm³/mol. The third-order valence-electron chi connectivity index (χ3n) is 6.55. The lowest BCUT2D eigenvalue weighted by Gasteiger charge is -2.23. The predicted octanol–water partition coefficient (Wildman–Crippen LogP) is 3.78. The summed E-state index contributed by atoms with van der Waals surface area (Å²) < 4.78 is 64.2. The Morgan fingerprint density at radius 2 is 1.75 bits per heavy atom. The Morgan fingerprint density at radius 1 is 1.08 bits per heavy atom. The van der Waals surface area contributed by atoms with Crippen molar-refractivity contribution in [2.45, 2.75) is 19.1 Å². The molecule has 3 aromatic rings. The highest BCUT2D eigenvalue weighted by Crippen LogP contribution is 2.39. The number of anilines is 3. The van der Waals surface area contributed by atoms with E-state index in [4.69, 9.17) is 0 Å². The van der Waals surface area contributed by atoms with Gasteiger partial charge in [-0.15, -0.1) is 11.3 Å². The molecule has 2 aliphatic heterocycles. The molecule has 8 nitrogen and oxygen atoms in total. The summed E-state index contributed by atoms with van der Waals surface area (Å²) in [6, 6.07) is 8.98. The van der Waals surface area contributed by atoms with E-state index in [-0.39, 0.29) is 4.88 Å².